The van der Waals surface area contributed by atoms with Gasteiger partial charge in [-0.15, -0.1) is 0 Å². The highest BCUT2D eigenvalue weighted by atomic mass is 16.3. The summed E-state index contributed by atoms with van der Waals surface area (Å²) in [4.78, 5) is 99.7. The number of fused-ring (bicyclic) bond motifs is 2. The Labute approximate surface area is 326 Å². The van der Waals surface area contributed by atoms with Gasteiger partial charge in [-0.25, -0.2) is 29.5 Å². The van der Waals surface area contributed by atoms with E-state index in [1.807, 2.05) is 18.2 Å². The second-order valence-corrected chi connectivity index (χ2v) is 13.6. The highest BCUT2D eigenvalue weighted by Crippen LogP contribution is 2.22. The molecule has 292 valence electrons. The number of benzene rings is 2. The Hall–Kier alpha value is -7.90. The van der Waals surface area contributed by atoms with Crippen molar-refractivity contribution in [3.8, 4) is 11.4 Å². The van der Waals surface area contributed by atoms with Crippen molar-refractivity contribution in [2.24, 2.45) is 26.1 Å². The van der Waals surface area contributed by atoms with E-state index in [9.17, 15) is 28.9 Å². The number of nitroso groups, excluding NO2 is 1. The summed E-state index contributed by atoms with van der Waals surface area (Å²) in [6.45, 7) is -0.206. The highest BCUT2D eigenvalue weighted by Gasteiger charge is 2.21. The average Bonchev–Trinajstić information content (AvgIpc) is 3.88. The fraction of sp³-hybridized carbons (Fsp3) is 0.211. The number of carbonyl (C=O) groups is 1. The van der Waals surface area contributed by atoms with Gasteiger partial charge in [0.1, 0.15) is 6.54 Å². The molecule has 2 N–H and O–H groups in total. The van der Waals surface area contributed by atoms with Crippen molar-refractivity contribution in [2.75, 3.05) is 11.9 Å². The first kappa shape index (κ1) is 37.0. The van der Waals surface area contributed by atoms with Crippen LogP contribution in [-0.4, -0.2) is 70.9 Å². The number of anilines is 1. The Morgan fingerprint density at radius 2 is 1.45 bits per heavy atom. The topological polar surface area (TPSA) is 223 Å². The number of hydrogen-bond acceptors (Lipinski definition) is 12. The van der Waals surface area contributed by atoms with Gasteiger partial charge in [0.25, 0.3) is 16.8 Å². The van der Waals surface area contributed by atoms with Gasteiger partial charge in [0.05, 0.1) is 38.1 Å². The maximum atomic E-state index is 13.7. The van der Waals surface area contributed by atoms with Crippen molar-refractivity contribution in [1.82, 2.24) is 52.7 Å². The molecule has 7 aromatic rings. The minimum atomic E-state index is -0.625. The molecule has 58 heavy (non-hydrogen) atoms. The van der Waals surface area contributed by atoms with Gasteiger partial charge in [-0.1, -0.05) is 12.1 Å². The third-order valence-corrected chi connectivity index (χ3v) is 9.86. The third kappa shape index (κ3) is 6.82. The molecular formula is C38H35N14O6+. The van der Waals surface area contributed by atoms with Crippen LogP contribution >= 0.6 is 0 Å². The van der Waals surface area contributed by atoms with E-state index < -0.39 is 28.4 Å². The maximum absolute atomic E-state index is 13.7. The second kappa shape index (κ2) is 15.0. The van der Waals surface area contributed by atoms with Crippen LogP contribution in [0.4, 0.5) is 11.4 Å². The predicted octanol–water partition coefficient (Wildman–Crippen LogP) is 1.08. The van der Waals surface area contributed by atoms with Crippen LogP contribution in [-0.2, 0) is 45.6 Å². The summed E-state index contributed by atoms with van der Waals surface area (Å²) in [7, 11) is 4.41. The molecule has 0 spiro atoms. The van der Waals surface area contributed by atoms with Crippen molar-refractivity contribution < 1.29 is 9.55 Å². The van der Waals surface area contributed by atoms with E-state index in [1.54, 1.807) is 53.5 Å². The van der Waals surface area contributed by atoms with Crippen molar-refractivity contribution in [3.63, 3.8) is 0 Å². The quantitative estimate of drug-likeness (QED) is 0.177. The van der Waals surface area contributed by atoms with Gasteiger partial charge in [0.2, 0.25) is 12.5 Å². The van der Waals surface area contributed by atoms with Crippen molar-refractivity contribution in [3.05, 3.63) is 144 Å². The summed E-state index contributed by atoms with van der Waals surface area (Å²) in [6, 6.07) is 13.8. The number of nitrogens with one attached hydrogen (secondary N) is 2. The number of imidazole rings is 2. The van der Waals surface area contributed by atoms with Gasteiger partial charge in [-0.3, -0.25) is 37.6 Å². The zero-order valence-electron chi connectivity index (χ0n) is 31.4. The molecule has 1 unspecified atom stereocenters. The molecule has 8 rings (SSSR count). The summed E-state index contributed by atoms with van der Waals surface area (Å²) in [5.41, 5.74) is 1.46. The lowest BCUT2D eigenvalue weighted by Crippen LogP contribution is -2.40. The van der Waals surface area contributed by atoms with Crippen molar-refractivity contribution in [1.29, 1.82) is 0 Å². The minimum Gasteiger partial charge on any atom is -0.353 e. The monoisotopic (exact) mass is 783 g/mol. The first-order valence-corrected chi connectivity index (χ1v) is 17.9. The number of aliphatic imine (C=N–C) groups is 1. The van der Waals surface area contributed by atoms with E-state index in [1.165, 1.54) is 59.9 Å². The van der Waals surface area contributed by atoms with E-state index in [0.29, 0.717) is 28.3 Å². The van der Waals surface area contributed by atoms with E-state index >= 15 is 0 Å². The molecule has 5 aromatic heterocycles. The number of carbonyl (C=O) groups excluding carboxylic acids is 1. The molecule has 0 saturated carbocycles. The van der Waals surface area contributed by atoms with E-state index in [2.05, 4.69) is 35.6 Å². The second-order valence-electron chi connectivity index (χ2n) is 13.6. The predicted molar refractivity (Wildman–Crippen MR) is 213 cm³/mol. The number of amides is 1. The Balaban J connectivity index is 0.933. The van der Waals surface area contributed by atoms with Gasteiger partial charge < -0.3 is 19.8 Å². The first-order chi connectivity index (χ1) is 28.0. The minimum absolute atomic E-state index is 0.00268. The standard InChI is InChI=1S/C38H34N14O6/c1-46-33-30(35(54)48(3)37(46)56)49(21-43-33)14-15-52(58)27-10-6-25(7-11-27)32-40-16-23(17-41-32)18-51-36(55)31-34(47(2)38(51)57)44-22-50(31)19-29(53)45-26-8-4-24(5-9-26)28-12-13-39-20-42-28/h4-13,16-17,20-22,28H,14-15,18-19H2,1-3H3,(H-,39,42,45,53)/p+1. The van der Waals surface area contributed by atoms with Gasteiger partial charge in [-0.05, 0) is 35.9 Å². The zero-order chi connectivity index (χ0) is 40.7. The van der Waals surface area contributed by atoms with E-state index in [-0.39, 0.29) is 54.5 Å². The van der Waals surface area contributed by atoms with Crippen LogP contribution in [0.15, 0.2) is 110 Å². The fourth-order valence-electron chi connectivity index (χ4n) is 6.70. The summed E-state index contributed by atoms with van der Waals surface area (Å²) < 4.78 is 8.30. The molecule has 0 bridgehead atoms. The van der Waals surface area contributed by atoms with Crippen LogP contribution in [0, 0.1) is 4.91 Å². The van der Waals surface area contributed by atoms with Crippen molar-refractivity contribution >= 4 is 45.9 Å². The van der Waals surface area contributed by atoms with E-state index in [4.69, 9.17) is 0 Å². The fourth-order valence-corrected chi connectivity index (χ4v) is 6.70. The first-order valence-electron chi connectivity index (χ1n) is 17.9. The Morgan fingerprint density at radius 1 is 0.793 bits per heavy atom. The number of aromatic nitrogens is 10. The van der Waals surface area contributed by atoms with Crippen LogP contribution in [0.3, 0.4) is 0 Å². The summed E-state index contributed by atoms with van der Waals surface area (Å²) >= 11 is 0. The Bertz CT molecular complexity index is 3040. The number of nitrogens with zero attached hydrogens (tertiary/aromatic N) is 12. The largest absolute Gasteiger partial charge is 0.353 e. The molecule has 1 aliphatic rings. The summed E-state index contributed by atoms with van der Waals surface area (Å²) in [5.74, 6) is -0.0387. The van der Waals surface area contributed by atoms with Gasteiger partial charge in [0, 0.05) is 78.4 Å². The molecule has 0 fully saturated rings. The molecule has 2 aromatic carbocycles. The molecule has 1 aliphatic heterocycles. The molecule has 0 aliphatic carbocycles. The Kier molecular flexibility index (Phi) is 9.56. The molecule has 6 heterocycles. The SMILES string of the molecule is Cn1c(=O)c2c(ncn2CC[N+](=O)c2ccc(-c3ncc(Cn4c(=O)c5c(ncn5CC(=O)Nc5ccc(C6C=CNC=N6)cc5)n(C)c4=O)cn3)cc2)n(C)c1=O. The van der Waals surface area contributed by atoms with E-state index in [0.717, 1.165) is 19.5 Å². The lowest BCUT2D eigenvalue weighted by atomic mass is 10.1. The zero-order valence-corrected chi connectivity index (χ0v) is 31.4. The van der Waals surface area contributed by atoms with Gasteiger partial charge in [0.15, 0.2) is 28.2 Å². The molecule has 0 radical (unpaired) electrons. The van der Waals surface area contributed by atoms with Gasteiger partial charge in [-0.2, -0.15) is 0 Å². The lowest BCUT2D eigenvalue weighted by Gasteiger charge is -2.13. The summed E-state index contributed by atoms with van der Waals surface area (Å²) in [5, 5.41) is 5.73. The normalized spacial score (nSPS) is 13.6. The third-order valence-electron chi connectivity index (χ3n) is 9.86. The maximum Gasteiger partial charge on any atom is 0.332 e. The number of hydrogen-bond donors (Lipinski definition) is 2. The molecular weight excluding hydrogens is 749 g/mol. The average molecular weight is 784 g/mol. The molecule has 20 heteroatoms. The molecule has 20 nitrogen and oxygen atoms in total. The molecule has 0 saturated heterocycles. The number of aryl methyl sites for hydroxylation is 2. The molecule has 1 atom stereocenters. The number of rotatable bonds is 11. The molecule has 1 amide bonds. The Morgan fingerprint density at radius 3 is 2.12 bits per heavy atom. The van der Waals surface area contributed by atoms with Crippen LogP contribution in [0.2, 0.25) is 0 Å². The lowest BCUT2D eigenvalue weighted by molar-refractivity contribution is -0.464. The highest BCUT2D eigenvalue weighted by molar-refractivity contribution is 5.91. The van der Waals surface area contributed by atoms with Crippen LogP contribution in [0.5, 0.6) is 0 Å². The van der Waals surface area contributed by atoms with Crippen LogP contribution < -0.4 is 33.1 Å². The summed E-state index contributed by atoms with van der Waals surface area (Å²) in [6.07, 6.45) is 11.1. The smallest absolute Gasteiger partial charge is 0.332 e. The van der Waals surface area contributed by atoms with Crippen LogP contribution in [0.25, 0.3) is 33.7 Å². The van der Waals surface area contributed by atoms with Crippen molar-refractivity contribution in [2.45, 2.75) is 25.7 Å². The van der Waals surface area contributed by atoms with Crippen LogP contribution in [0.1, 0.15) is 17.2 Å². The van der Waals surface area contributed by atoms with Gasteiger partial charge >= 0.3 is 11.4 Å².